The normalized spacial score (nSPS) is 16.2. The van der Waals surface area contributed by atoms with E-state index in [0.29, 0.717) is 6.54 Å². The van der Waals surface area contributed by atoms with Gasteiger partial charge in [0.2, 0.25) is 0 Å². The van der Waals surface area contributed by atoms with Gasteiger partial charge in [0.25, 0.3) is 0 Å². The summed E-state index contributed by atoms with van der Waals surface area (Å²) in [6.07, 6.45) is 6.45. The molecule has 2 rings (SSSR count). The van der Waals surface area contributed by atoms with Crippen molar-refractivity contribution in [1.29, 1.82) is 0 Å². The van der Waals surface area contributed by atoms with Gasteiger partial charge in [0.15, 0.2) is 0 Å². The zero-order valence-corrected chi connectivity index (χ0v) is 11.9. The number of nitrogens with two attached hydrogens (primary N) is 1. The fourth-order valence-electron chi connectivity index (χ4n) is 2.96. The van der Waals surface area contributed by atoms with Crippen LogP contribution in [-0.2, 0) is 6.42 Å². The van der Waals surface area contributed by atoms with Gasteiger partial charge < -0.3 is 10.6 Å². The predicted molar refractivity (Wildman–Crippen MR) is 79.4 cm³/mol. The number of hydrogen-bond acceptors (Lipinski definition) is 2. The lowest BCUT2D eigenvalue weighted by Crippen LogP contribution is -2.25. The molecule has 0 spiro atoms. The van der Waals surface area contributed by atoms with E-state index in [9.17, 15) is 0 Å². The molecule has 1 fully saturated rings. The lowest BCUT2D eigenvalue weighted by atomic mass is 10.1. The molecule has 1 saturated carbocycles. The van der Waals surface area contributed by atoms with Crippen molar-refractivity contribution in [3.63, 3.8) is 0 Å². The predicted octanol–water partition coefficient (Wildman–Crippen LogP) is 3.47. The van der Waals surface area contributed by atoms with Crippen molar-refractivity contribution in [2.45, 2.75) is 32.1 Å². The average molecular weight is 267 g/mol. The Morgan fingerprint density at radius 2 is 2.06 bits per heavy atom. The molecule has 0 heterocycles. The first-order valence-electron chi connectivity index (χ1n) is 6.90. The first-order chi connectivity index (χ1) is 8.70. The Morgan fingerprint density at radius 3 is 2.72 bits per heavy atom. The zero-order valence-electron chi connectivity index (χ0n) is 11.2. The van der Waals surface area contributed by atoms with Crippen molar-refractivity contribution in [3.05, 3.63) is 28.8 Å². The second kappa shape index (κ2) is 6.44. The molecule has 0 unspecified atom stereocenters. The van der Waals surface area contributed by atoms with Crippen molar-refractivity contribution in [2.24, 2.45) is 11.7 Å². The summed E-state index contributed by atoms with van der Waals surface area (Å²) in [5.41, 5.74) is 8.24. The number of benzene rings is 1. The fraction of sp³-hybridized carbons (Fsp3) is 0.600. The van der Waals surface area contributed by atoms with E-state index >= 15 is 0 Å². The van der Waals surface area contributed by atoms with Gasteiger partial charge >= 0.3 is 0 Å². The first-order valence-corrected chi connectivity index (χ1v) is 7.28. The fourth-order valence-corrected chi connectivity index (χ4v) is 3.16. The van der Waals surface area contributed by atoms with Crippen molar-refractivity contribution < 1.29 is 0 Å². The van der Waals surface area contributed by atoms with E-state index in [4.69, 9.17) is 17.3 Å². The Kier molecular flexibility index (Phi) is 4.90. The molecule has 1 aromatic carbocycles. The molecule has 0 radical (unpaired) electrons. The van der Waals surface area contributed by atoms with Gasteiger partial charge in [0.05, 0.1) is 0 Å². The Hall–Kier alpha value is -0.730. The van der Waals surface area contributed by atoms with Crippen LogP contribution >= 0.6 is 11.6 Å². The molecule has 0 amide bonds. The van der Waals surface area contributed by atoms with Gasteiger partial charge in [-0.3, -0.25) is 0 Å². The van der Waals surface area contributed by atoms with Crippen molar-refractivity contribution in [3.8, 4) is 0 Å². The minimum atomic E-state index is 0.671. The summed E-state index contributed by atoms with van der Waals surface area (Å²) in [5, 5.41) is 0.802. The highest BCUT2D eigenvalue weighted by molar-refractivity contribution is 6.30. The van der Waals surface area contributed by atoms with Crippen LogP contribution in [0.1, 0.15) is 31.2 Å². The number of rotatable bonds is 5. The Balaban J connectivity index is 2.09. The molecule has 0 bridgehead atoms. The van der Waals surface area contributed by atoms with Gasteiger partial charge in [-0.05, 0) is 55.5 Å². The molecule has 18 heavy (non-hydrogen) atoms. The van der Waals surface area contributed by atoms with Crippen LogP contribution in [0, 0.1) is 5.92 Å². The van der Waals surface area contributed by atoms with Gasteiger partial charge in [-0.1, -0.05) is 24.4 Å². The molecule has 0 saturated heterocycles. The standard InChI is InChI=1S/C15H23ClN2/c1-18(11-12-4-2-3-5-12)15-7-6-14(16)10-13(15)8-9-17/h6-7,10,12H,2-5,8-9,11,17H2,1H3. The van der Waals surface area contributed by atoms with Crippen LogP contribution in [0.15, 0.2) is 18.2 Å². The molecule has 0 atom stereocenters. The molecule has 1 aliphatic carbocycles. The van der Waals surface area contributed by atoms with Gasteiger partial charge in [-0.15, -0.1) is 0 Å². The minimum Gasteiger partial charge on any atom is -0.374 e. The van der Waals surface area contributed by atoms with E-state index in [2.05, 4.69) is 24.1 Å². The number of anilines is 1. The van der Waals surface area contributed by atoms with Crippen molar-refractivity contribution in [1.82, 2.24) is 0 Å². The van der Waals surface area contributed by atoms with E-state index in [1.165, 1.54) is 36.9 Å². The minimum absolute atomic E-state index is 0.671. The van der Waals surface area contributed by atoms with Crippen LogP contribution in [-0.4, -0.2) is 20.1 Å². The lowest BCUT2D eigenvalue weighted by Gasteiger charge is -2.25. The molecule has 1 aliphatic rings. The van der Waals surface area contributed by atoms with Crippen LogP contribution in [0.2, 0.25) is 5.02 Å². The van der Waals surface area contributed by atoms with Gasteiger partial charge in [0.1, 0.15) is 0 Å². The Labute approximate surface area is 115 Å². The maximum Gasteiger partial charge on any atom is 0.0410 e. The summed E-state index contributed by atoms with van der Waals surface area (Å²) < 4.78 is 0. The molecule has 2 N–H and O–H groups in total. The smallest absolute Gasteiger partial charge is 0.0410 e. The van der Waals surface area contributed by atoms with Gasteiger partial charge in [0, 0.05) is 24.3 Å². The zero-order chi connectivity index (χ0) is 13.0. The second-order valence-corrected chi connectivity index (χ2v) is 5.78. The molecule has 1 aromatic rings. The van der Waals surface area contributed by atoms with Crippen LogP contribution < -0.4 is 10.6 Å². The van der Waals surface area contributed by atoms with E-state index in [1.54, 1.807) is 0 Å². The highest BCUT2D eigenvalue weighted by Crippen LogP contribution is 2.29. The van der Waals surface area contributed by atoms with E-state index in [-0.39, 0.29) is 0 Å². The third-order valence-electron chi connectivity index (χ3n) is 3.87. The topological polar surface area (TPSA) is 29.3 Å². The number of hydrogen-bond donors (Lipinski definition) is 1. The highest BCUT2D eigenvalue weighted by atomic mass is 35.5. The number of halogens is 1. The van der Waals surface area contributed by atoms with Crippen molar-refractivity contribution in [2.75, 3.05) is 25.0 Å². The monoisotopic (exact) mass is 266 g/mol. The van der Waals surface area contributed by atoms with E-state index in [1.807, 2.05) is 6.07 Å². The Morgan fingerprint density at radius 1 is 1.33 bits per heavy atom. The largest absolute Gasteiger partial charge is 0.374 e. The number of nitrogens with zero attached hydrogens (tertiary/aromatic N) is 1. The van der Waals surface area contributed by atoms with Crippen LogP contribution in [0.5, 0.6) is 0 Å². The molecule has 0 aliphatic heterocycles. The molecule has 2 nitrogen and oxygen atoms in total. The first kappa shape index (κ1) is 13.7. The van der Waals surface area contributed by atoms with Crippen LogP contribution in [0.3, 0.4) is 0 Å². The van der Waals surface area contributed by atoms with Crippen molar-refractivity contribution >= 4 is 17.3 Å². The molecular weight excluding hydrogens is 244 g/mol. The summed E-state index contributed by atoms with van der Waals surface area (Å²) >= 11 is 6.07. The summed E-state index contributed by atoms with van der Waals surface area (Å²) in [6.45, 7) is 1.82. The van der Waals surface area contributed by atoms with Crippen LogP contribution in [0.25, 0.3) is 0 Å². The summed E-state index contributed by atoms with van der Waals surface area (Å²) in [4.78, 5) is 2.37. The molecular formula is C15H23ClN2. The van der Waals surface area contributed by atoms with E-state index in [0.717, 1.165) is 23.9 Å². The highest BCUT2D eigenvalue weighted by Gasteiger charge is 2.18. The Bertz CT molecular complexity index is 386. The molecule has 3 heteroatoms. The van der Waals surface area contributed by atoms with E-state index < -0.39 is 0 Å². The summed E-state index contributed by atoms with van der Waals surface area (Å²) in [5.74, 6) is 0.858. The van der Waals surface area contributed by atoms with Crippen LogP contribution in [0.4, 0.5) is 5.69 Å². The maximum atomic E-state index is 6.07. The third kappa shape index (κ3) is 3.39. The second-order valence-electron chi connectivity index (χ2n) is 5.34. The average Bonchev–Trinajstić information content (AvgIpc) is 2.82. The molecule has 100 valence electrons. The third-order valence-corrected chi connectivity index (χ3v) is 4.11. The summed E-state index contributed by atoms with van der Waals surface area (Å²) in [6, 6.07) is 6.15. The lowest BCUT2D eigenvalue weighted by molar-refractivity contribution is 0.546. The van der Waals surface area contributed by atoms with Gasteiger partial charge in [-0.25, -0.2) is 0 Å². The SMILES string of the molecule is CN(CC1CCCC1)c1ccc(Cl)cc1CCN. The maximum absolute atomic E-state index is 6.07. The quantitative estimate of drug-likeness (QED) is 0.884. The summed E-state index contributed by atoms with van der Waals surface area (Å²) in [7, 11) is 2.18. The molecule has 0 aromatic heterocycles. The van der Waals surface area contributed by atoms with Gasteiger partial charge in [-0.2, -0.15) is 0 Å².